The van der Waals surface area contributed by atoms with Crippen LogP contribution in [0.15, 0.2) is 77.7 Å². The molecule has 0 bridgehead atoms. The minimum atomic E-state index is -4.20. The first-order valence-electron chi connectivity index (χ1n) is 12.3. The largest absolute Gasteiger partial charge is 0.497 e. The SMILES string of the molecule is CCCNC(=O)[C@@H](C)N(Cc1ccccc1Cl)C(=O)CN(c1ccc(Cl)cc1)S(=O)(=O)c1ccc(OC)cc1. The third-order valence-corrected chi connectivity index (χ3v) is 8.46. The molecule has 8 nitrogen and oxygen atoms in total. The lowest BCUT2D eigenvalue weighted by molar-refractivity contribution is -0.139. The molecule has 3 aromatic carbocycles. The van der Waals surface area contributed by atoms with Gasteiger partial charge in [0.25, 0.3) is 10.0 Å². The lowest BCUT2D eigenvalue weighted by Crippen LogP contribution is -2.51. The Bertz CT molecular complexity index is 1380. The molecule has 0 radical (unpaired) electrons. The summed E-state index contributed by atoms with van der Waals surface area (Å²) in [5.74, 6) is -0.449. The van der Waals surface area contributed by atoms with Gasteiger partial charge >= 0.3 is 0 Å². The van der Waals surface area contributed by atoms with Crippen molar-refractivity contribution in [1.29, 1.82) is 0 Å². The van der Waals surface area contributed by atoms with Gasteiger partial charge in [0.15, 0.2) is 0 Å². The number of sulfonamides is 1. The summed E-state index contributed by atoms with van der Waals surface area (Å²) in [6, 6.07) is 18.1. The molecule has 11 heteroatoms. The number of ether oxygens (including phenoxy) is 1. The highest BCUT2D eigenvalue weighted by molar-refractivity contribution is 7.92. The second-order valence-electron chi connectivity index (χ2n) is 8.74. The summed E-state index contributed by atoms with van der Waals surface area (Å²) in [7, 11) is -2.72. The van der Waals surface area contributed by atoms with Gasteiger partial charge in [-0.15, -0.1) is 0 Å². The average molecular weight is 593 g/mol. The Kier molecular flexibility index (Phi) is 10.6. The highest BCUT2D eigenvalue weighted by Gasteiger charge is 2.32. The molecule has 1 atom stereocenters. The van der Waals surface area contributed by atoms with Crippen molar-refractivity contribution in [3.8, 4) is 5.75 Å². The number of methoxy groups -OCH3 is 1. The van der Waals surface area contributed by atoms with Crippen LogP contribution < -0.4 is 14.4 Å². The first-order valence-corrected chi connectivity index (χ1v) is 14.5. The van der Waals surface area contributed by atoms with E-state index in [0.29, 0.717) is 27.9 Å². The minimum absolute atomic E-state index is 0.0102. The van der Waals surface area contributed by atoms with Gasteiger partial charge in [-0.25, -0.2) is 8.42 Å². The fraction of sp³-hybridized carbons (Fsp3) is 0.286. The third-order valence-electron chi connectivity index (χ3n) is 6.06. The molecular weight excluding hydrogens is 561 g/mol. The van der Waals surface area contributed by atoms with Crippen LogP contribution in [0.3, 0.4) is 0 Å². The Hall–Kier alpha value is -3.27. The fourth-order valence-electron chi connectivity index (χ4n) is 3.80. The second-order valence-corrected chi connectivity index (χ2v) is 11.4. The number of carbonyl (C=O) groups is 2. The summed E-state index contributed by atoms with van der Waals surface area (Å²) in [6.07, 6.45) is 0.724. The van der Waals surface area contributed by atoms with Gasteiger partial charge in [0.2, 0.25) is 11.8 Å². The van der Waals surface area contributed by atoms with Crippen LogP contribution in [-0.2, 0) is 26.2 Å². The maximum absolute atomic E-state index is 13.9. The standard InChI is InChI=1S/C28H31Cl2N3O5S/c1-4-17-31-28(35)20(2)32(18-21-7-5-6-8-26(21)30)27(34)19-33(23-11-9-22(29)10-12-23)39(36,37)25-15-13-24(38-3)14-16-25/h5-16,20H,4,17-19H2,1-3H3,(H,31,35)/t20-/m1/s1. The molecule has 0 aliphatic rings. The predicted molar refractivity (Wildman–Crippen MR) is 154 cm³/mol. The summed E-state index contributed by atoms with van der Waals surface area (Å²) in [6.45, 7) is 3.41. The Morgan fingerprint density at radius 1 is 0.974 bits per heavy atom. The number of rotatable bonds is 12. The number of hydrogen-bond acceptors (Lipinski definition) is 5. The van der Waals surface area contributed by atoms with E-state index in [0.717, 1.165) is 10.7 Å². The van der Waals surface area contributed by atoms with Crippen molar-refractivity contribution in [1.82, 2.24) is 10.2 Å². The van der Waals surface area contributed by atoms with E-state index in [2.05, 4.69) is 5.32 Å². The van der Waals surface area contributed by atoms with Gasteiger partial charge in [-0.05, 0) is 73.5 Å². The zero-order valence-electron chi connectivity index (χ0n) is 21.9. The topological polar surface area (TPSA) is 96.0 Å². The maximum Gasteiger partial charge on any atom is 0.264 e. The Morgan fingerprint density at radius 3 is 2.21 bits per heavy atom. The van der Waals surface area contributed by atoms with Crippen molar-refractivity contribution < 1.29 is 22.7 Å². The summed E-state index contributed by atoms with van der Waals surface area (Å²) in [4.78, 5) is 28.1. The van der Waals surface area contributed by atoms with Crippen molar-refractivity contribution in [3.63, 3.8) is 0 Å². The quantitative estimate of drug-likeness (QED) is 0.314. The monoisotopic (exact) mass is 591 g/mol. The van der Waals surface area contributed by atoms with Crippen LogP contribution in [0.5, 0.6) is 5.75 Å². The zero-order valence-corrected chi connectivity index (χ0v) is 24.3. The first kappa shape index (κ1) is 30.3. The molecule has 0 aliphatic heterocycles. The summed E-state index contributed by atoms with van der Waals surface area (Å²) in [5.41, 5.74) is 0.864. The van der Waals surface area contributed by atoms with Crippen molar-refractivity contribution in [3.05, 3.63) is 88.4 Å². The third kappa shape index (κ3) is 7.65. The van der Waals surface area contributed by atoms with Crippen LogP contribution >= 0.6 is 23.2 Å². The molecule has 0 saturated carbocycles. The van der Waals surface area contributed by atoms with E-state index < -0.39 is 28.5 Å². The summed E-state index contributed by atoms with van der Waals surface area (Å²) in [5, 5.41) is 3.64. The minimum Gasteiger partial charge on any atom is -0.497 e. The molecule has 0 aliphatic carbocycles. The van der Waals surface area contributed by atoms with Crippen LogP contribution in [0.25, 0.3) is 0 Å². The fourth-order valence-corrected chi connectivity index (χ4v) is 5.54. The molecule has 3 aromatic rings. The molecule has 3 rings (SSSR count). The Labute approximate surface area is 239 Å². The van der Waals surface area contributed by atoms with Crippen LogP contribution in [-0.4, -0.2) is 51.4 Å². The number of nitrogens with one attached hydrogen (secondary N) is 1. The highest BCUT2D eigenvalue weighted by atomic mass is 35.5. The van der Waals surface area contributed by atoms with Crippen molar-refractivity contribution in [2.24, 2.45) is 0 Å². The van der Waals surface area contributed by atoms with Crippen molar-refractivity contribution in [2.75, 3.05) is 24.5 Å². The van der Waals surface area contributed by atoms with Gasteiger partial charge < -0.3 is 15.0 Å². The van der Waals surface area contributed by atoms with E-state index in [-0.39, 0.29) is 23.0 Å². The van der Waals surface area contributed by atoms with Gasteiger partial charge in [-0.3, -0.25) is 13.9 Å². The highest BCUT2D eigenvalue weighted by Crippen LogP contribution is 2.27. The molecule has 2 amide bonds. The average Bonchev–Trinajstić information content (AvgIpc) is 2.94. The van der Waals surface area contributed by atoms with E-state index in [9.17, 15) is 18.0 Å². The van der Waals surface area contributed by atoms with E-state index in [4.69, 9.17) is 27.9 Å². The van der Waals surface area contributed by atoms with Crippen LogP contribution in [0.1, 0.15) is 25.8 Å². The van der Waals surface area contributed by atoms with Gasteiger partial charge in [-0.2, -0.15) is 0 Å². The first-order chi connectivity index (χ1) is 18.6. The molecule has 0 aromatic heterocycles. The normalized spacial score (nSPS) is 11.9. The number of halogens is 2. The predicted octanol–water partition coefficient (Wildman–Crippen LogP) is 5.14. The Balaban J connectivity index is 2.02. The van der Waals surface area contributed by atoms with Crippen LogP contribution in [0.4, 0.5) is 5.69 Å². The lowest BCUT2D eigenvalue weighted by Gasteiger charge is -2.32. The van der Waals surface area contributed by atoms with Crippen LogP contribution in [0.2, 0.25) is 10.0 Å². The van der Waals surface area contributed by atoms with E-state index in [1.165, 1.54) is 48.4 Å². The van der Waals surface area contributed by atoms with Gasteiger partial charge in [0.1, 0.15) is 18.3 Å². The van der Waals surface area contributed by atoms with Gasteiger partial charge in [0.05, 0.1) is 17.7 Å². The number of benzene rings is 3. The smallest absolute Gasteiger partial charge is 0.264 e. The van der Waals surface area contributed by atoms with E-state index in [1.54, 1.807) is 43.3 Å². The Morgan fingerprint density at radius 2 is 1.62 bits per heavy atom. The zero-order chi connectivity index (χ0) is 28.6. The van der Waals surface area contributed by atoms with Gasteiger partial charge in [0, 0.05) is 23.1 Å². The van der Waals surface area contributed by atoms with E-state index >= 15 is 0 Å². The number of carbonyl (C=O) groups excluding carboxylic acids is 2. The van der Waals surface area contributed by atoms with Crippen molar-refractivity contribution in [2.45, 2.75) is 37.8 Å². The maximum atomic E-state index is 13.9. The molecule has 0 spiro atoms. The van der Waals surface area contributed by atoms with Crippen LogP contribution in [0, 0.1) is 0 Å². The molecule has 208 valence electrons. The molecule has 39 heavy (non-hydrogen) atoms. The van der Waals surface area contributed by atoms with E-state index in [1.807, 2.05) is 6.92 Å². The molecule has 1 N–H and O–H groups in total. The molecule has 0 saturated heterocycles. The number of hydrogen-bond donors (Lipinski definition) is 1. The number of anilines is 1. The molecular formula is C28H31Cl2N3O5S. The molecule has 0 heterocycles. The number of nitrogens with zero attached hydrogens (tertiary/aromatic N) is 2. The van der Waals surface area contributed by atoms with Crippen molar-refractivity contribution >= 4 is 50.7 Å². The van der Waals surface area contributed by atoms with Gasteiger partial charge in [-0.1, -0.05) is 48.3 Å². The summed E-state index contributed by atoms with van der Waals surface area (Å²) >= 11 is 12.4. The molecule has 0 fully saturated rings. The number of amides is 2. The lowest BCUT2D eigenvalue weighted by atomic mass is 10.1. The molecule has 0 unspecified atom stereocenters. The summed E-state index contributed by atoms with van der Waals surface area (Å²) < 4.78 is 33.8. The second kappa shape index (κ2) is 13.7.